The number of benzene rings is 1. The normalized spacial score (nSPS) is 21.4. The van der Waals surface area contributed by atoms with Crippen LogP contribution in [0.3, 0.4) is 0 Å². The first-order valence-electron chi connectivity index (χ1n) is 5.00. The third-order valence-corrected chi connectivity index (χ3v) is 2.69. The van der Waals surface area contributed by atoms with Gasteiger partial charge in [-0.3, -0.25) is 0 Å². The lowest BCUT2D eigenvalue weighted by atomic mass is 9.92. The Morgan fingerprint density at radius 2 is 1.93 bits per heavy atom. The Morgan fingerprint density at radius 1 is 1.21 bits per heavy atom. The molecule has 0 heterocycles. The summed E-state index contributed by atoms with van der Waals surface area (Å²) >= 11 is 0. The van der Waals surface area contributed by atoms with E-state index in [4.69, 9.17) is 5.73 Å². The van der Waals surface area contributed by atoms with Crippen LogP contribution in [-0.4, -0.2) is 0 Å². The first-order valence-corrected chi connectivity index (χ1v) is 5.00. The van der Waals surface area contributed by atoms with Gasteiger partial charge >= 0.3 is 0 Å². The first-order chi connectivity index (χ1) is 6.77. The number of hydrogen-bond acceptors (Lipinski definition) is 1. The van der Waals surface area contributed by atoms with Crippen molar-refractivity contribution in [2.75, 3.05) is 0 Å². The molecule has 1 unspecified atom stereocenters. The maximum atomic E-state index is 5.93. The summed E-state index contributed by atoms with van der Waals surface area (Å²) in [6, 6.07) is 10.4. The molecule has 0 aliphatic heterocycles. The standard InChI is InChI=1S/C13H15N/c1-10-7-8-12(9-13(10)14)11-5-3-2-4-6-11/h2-6,8-10H,7,14H2,1H3. The average molecular weight is 185 g/mol. The number of nitrogens with two attached hydrogens (primary N) is 1. The molecular weight excluding hydrogens is 170 g/mol. The van der Waals surface area contributed by atoms with Crippen LogP contribution < -0.4 is 5.73 Å². The van der Waals surface area contributed by atoms with Crippen molar-refractivity contribution in [1.29, 1.82) is 0 Å². The molecule has 2 rings (SSSR count). The van der Waals surface area contributed by atoms with Crippen molar-refractivity contribution < 1.29 is 0 Å². The third kappa shape index (κ3) is 1.72. The molecular formula is C13H15N. The van der Waals surface area contributed by atoms with E-state index < -0.39 is 0 Å². The number of allylic oxidation sites excluding steroid dienone is 4. The van der Waals surface area contributed by atoms with E-state index in [2.05, 4.69) is 43.3 Å². The minimum atomic E-state index is 0.488. The monoisotopic (exact) mass is 185 g/mol. The lowest BCUT2D eigenvalue weighted by molar-refractivity contribution is 0.680. The van der Waals surface area contributed by atoms with Crippen molar-refractivity contribution in [2.24, 2.45) is 11.7 Å². The molecule has 0 saturated heterocycles. The predicted molar refractivity (Wildman–Crippen MR) is 60.5 cm³/mol. The van der Waals surface area contributed by atoms with Crippen LogP contribution >= 0.6 is 0 Å². The summed E-state index contributed by atoms with van der Waals surface area (Å²) in [5.41, 5.74) is 9.42. The summed E-state index contributed by atoms with van der Waals surface area (Å²) in [4.78, 5) is 0. The van der Waals surface area contributed by atoms with Gasteiger partial charge in [-0.2, -0.15) is 0 Å². The fourth-order valence-electron chi connectivity index (χ4n) is 1.65. The van der Waals surface area contributed by atoms with Gasteiger partial charge in [0.1, 0.15) is 0 Å². The van der Waals surface area contributed by atoms with Gasteiger partial charge in [-0.1, -0.05) is 43.3 Å². The van der Waals surface area contributed by atoms with Crippen molar-refractivity contribution in [1.82, 2.24) is 0 Å². The van der Waals surface area contributed by atoms with Gasteiger partial charge in [-0.15, -0.1) is 0 Å². The molecule has 0 saturated carbocycles. The molecule has 0 aromatic heterocycles. The second-order valence-electron chi connectivity index (χ2n) is 3.81. The molecule has 0 fully saturated rings. The molecule has 1 heteroatoms. The minimum Gasteiger partial charge on any atom is -0.402 e. The summed E-state index contributed by atoms with van der Waals surface area (Å²) in [6.07, 6.45) is 5.40. The molecule has 1 aliphatic rings. The van der Waals surface area contributed by atoms with Crippen molar-refractivity contribution in [3.63, 3.8) is 0 Å². The Bertz CT molecular complexity index is 373. The summed E-state index contributed by atoms with van der Waals surface area (Å²) in [5, 5.41) is 0. The zero-order chi connectivity index (χ0) is 9.97. The summed E-state index contributed by atoms with van der Waals surface area (Å²) in [7, 11) is 0. The third-order valence-electron chi connectivity index (χ3n) is 2.69. The van der Waals surface area contributed by atoms with Gasteiger partial charge < -0.3 is 5.73 Å². The van der Waals surface area contributed by atoms with E-state index in [1.54, 1.807) is 0 Å². The Hall–Kier alpha value is -1.50. The molecule has 1 aromatic carbocycles. The van der Waals surface area contributed by atoms with Gasteiger partial charge in [0.05, 0.1) is 0 Å². The van der Waals surface area contributed by atoms with Crippen LogP contribution in [0.15, 0.2) is 48.2 Å². The van der Waals surface area contributed by atoms with Gasteiger partial charge in [-0.25, -0.2) is 0 Å². The fraction of sp³-hybridized carbons (Fsp3) is 0.231. The van der Waals surface area contributed by atoms with E-state index in [9.17, 15) is 0 Å². The van der Waals surface area contributed by atoms with Gasteiger partial charge in [-0.05, 0) is 29.6 Å². The van der Waals surface area contributed by atoms with Crippen LogP contribution in [0.1, 0.15) is 18.9 Å². The maximum Gasteiger partial charge on any atom is 0.0118 e. The van der Waals surface area contributed by atoms with E-state index in [-0.39, 0.29) is 0 Å². The zero-order valence-corrected chi connectivity index (χ0v) is 8.40. The van der Waals surface area contributed by atoms with Crippen LogP contribution in [0.4, 0.5) is 0 Å². The van der Waals surface area contributed by atoms with Crippen molar-refractivity contribution in [3.8, 4) is 0 Å². The Balaban J connectivity index is 2.31. The molecule has 0 radical (unpaired) electrons. The zero-order valence-electron chi connectivity index (χ0n) is 8.40. The number of hydrogen-bond donors (Lipinski definition) is 1. The topological polar surface area (TPSA) is 26.0 Å². The smallest absolute Gasteiger partial charge is 0.0118 e. The van der Waals surface area contributed by atoms with E-state index in [0.717, 1.165) is 12.1 Å². The minimum absolute atomic E-state index is 0.488. The lowest BCUT2D eigenvalue weighted by Crippen LogP contribution is -2.11. The highest BCUT2D eigenvalue weighted by atomic mass is 14.6. The highest BCUT2D eigenvalue weighted by molar-refractivity contribution is 5.75. The Kier molecular flexibility index (Phi) is 2.40. The molecule has 14 heavy (non-hydrogen) atoms. The largest absolute Gasteiger partial charge is 0.402 e. The van der Waals surface area contributed by atoms with Crippen molar-refractivity contribution in [2.45, 2.75) is 13.3 Å². The molecule has 1 atom stereocenters. The van der Waals surface area contributed by atoms with Crippen LogP contribution in [0.2, 0.25) is 0 Å². The Morgan fingerprint density at radius 3 is 2.57 bits per heavy atom. The van der Waals surface area contributed by atoms with E-state index in [1.165, 1.54) is 11.1 Å². The van der Waals surface area contributed by atoms with E-state index in [1.807, 2.05) is 6.07 Å². The predicted octanol–water partition coefficient (Wildman–Crippen LogP) is 2.95. The highest BCUT2D eigenvalue weighted by Crippen LogP contribution is 2.26. The Labute approximate surface area is 84.9 Å². The maximum absolute atomic E-state index is 5.93. The molecule has 1 nitrogen and oxygen atoms in total. The second kappa shape index (κ2) is 3.70. The molecule has 1 aliphatic carbocycles. The molecule has 0 spiro atoms. The van der Waals surface area contributed by atoms with Crippen LogP contribution in [0.5, 0.6) is 0 Å². The van der Waals surface area contributed by atoms with Crippen LogP contribution in [-0.2, 0) is 0 Å². The summed E-state index contributed by atoms with van der Waals surface area (Å²) in [5.74, 6) is 0.488. The molecule has 72 valence electrons. The molecule has 0 bridgehead atoms. The van der Waals surface area contributed by atoms with Crippen molar-refractivity contribution >= 4 is 5.57 Å². The van der Waals surface area contributed by atoms with E-state index >= 15 is 0 Å². The number of rotatable bonds is 1. The van der Waals surface area contributed by atoms with Gasteiger partial charge in [0.15, 0.2) is 0 Å². The first kappa shape index (κ1) is 9.07. The van der Waals surface area contributed by atoms with Crippen LogP contribution in [0.25, 0.3) is 5.57 Å². The molecule has 1 aromatic rings. The summed E-state index contributed by atoms with van der Waals surface area (Å²) in [6.45, 7) is 2.16. The van der Waals surface area contributed by atoms with Crippen molar-refractivity contribution in [3.05, 3.63) is 53.7 Å². The lowest BCUT2D eigenvalue weighted by Gasteiger charge is -2.17. The molecule has 0 amide bonds. The SMILES string of the molecule is CC1CC=C(c2ccccc2)C=C1N. The van der Waals surface area contributed by atoms with Gasteiger partial charge in [0, 0.05) is 5.70 Å². The average Bonchev–Trinajstić information content (AvgIpc) is 2.23. The second-order valence-corrected chi connectivity index (χ2v) is 3.81. The van der Waals surface area contributed by atoms with Crippen LogP contribution in [0, 0.1) is 5.92 Å². The summed E-state index contributed by atoms with van der Waals surface area (Å²) < 4.78 is 0. The van der Waals surface area contributed by atoms with Gasteiger partial charge in [0.2, 0.25) is 0 Å². The van der Waals surface area contributed by atoms with Gasteiger partial charge in [0.25, 0.3) is 0 Å². The highest BCUT2D eigenvalue weighted by Gasteiger charge is 2.10. The fourth-order valence-corrected chi connectivity index (χ4v) is 1.65. The molecule has 2 N–H and O–H groups in total. The quantitative estimate of drug-likeness (QED) is 0.715. The van der Waals surface area contributed by atoms with E-state index in [0.29, 0.717) is 5.92 Å².